The third-order valence-corrected chi connectivity index (χ3v) is 3.63. The first kappa shape index (κ1) is 15.2. The molecule has 0 aliphatic rings. The summed E-state index contributed by atoms with van der Waals surface area (Å²) in [6.07, 6.45) is 1.43. The maximum Gasteiger partial charge on any atom is 0.249 e. The molecular weight excluding hydrogens is 314 g/mol. The van der Waals surface area contributed by atoms with Crippen LogP contribution in [0.1, 0.15) is 17.2 Å². The monoisotopic (exact) mass is 327 g/mol. The summed E-state index contributed by atoms with van der Waals surface area (Å²) in [5.74, 6) is -0.182. The smallest absolute Gasteiger partial charge is 0.249 e. The Morgan fingerprint density at radius 3 is 2.52 bits per heavy atom. The molecule has 1 amide bonds. The van der Waals surface area contributed by atoms with E-state index in [0.29, 0.717) is 11.6 Å². The summed E-state index contributed by atoms with van der Waals surface area (Å²) >= 11 is 5.86. The van der Waals surface area contributed by atoms with Crippen molar-refractivity contribution < 1.29 is 4.79 Å². The standard InChI is InChI=1S/C16H14ClN5O/c17-14-8-6-12(7-9-14)10-18-16(23)15(22-11-19-20-21-22)13-4-2-1-3-5-13/h1-9,11,15H,10H2,(H,18,23). The fourth-order valence-electron chi connectivity index (χ4n) is 2.23. The molecule has 0 bridgehead atoms. The maximum atomic E-state index is 12.6. The van der Waals surface area contributed by atoms with E-state index in [4.69, 9.17) is 11.6 Å². The van der Waals surface area contributed by atoms with Crippen LogP contribution in [0.4, 0.5) is 0 Å². The molecule has 7 heteroatoms. The zero-order valence-corrected chi connectivity index (χ0v) is 12.9. The Bertz CT molecular complexity index is 759. The van der Waals surface area contributed by atoms with Gasteiger partial charge in [0.2, 0.25) is 5.91 Å². The van der Waals surface area contributed by atoms with Crippen LogP contribution < -0.4 is 5.32 Å². The molecule has 1 unspecified atom stereocenters. The number of carbonyl (C=O) groups excluding carboxylic acids is 1. The van der Waals surface area contributed by atoms with Gasteiger partial charge in [-0.3, -0.25) is 4.79 Å². The Hall–Kier alpha value is -2.73. The van der Waals surface area contributed by atoms with Gasteiger partial charge in [0.1, 0.15) is 6.33 Å². The van der Waals surface area contributed by atoms with Crippen molar-refractivity contribution in [1.29, 1.82) is 0 Å². The summed E-state index contributed by atoms with van der Waals surface area (Å²) in [6, 6.07) is 16.1. The van der Waals surface area contributed by atoms with E-state index in [1.807, 2.05) is 42.5 Å². The largest absolute Gasteiger partial charge is 0.350 e. The summed E-state index contributed by atoms with van der Waals surface area (Å²) in [6.45, 7) is 0.404. The van der Waals surface area contributed by atoms with Crippen molar-refractivity contribution >= 4 is 17.5 Å². The lowest BCUT2D eigenvalue weighted by molar-refractivity contribution is -0.123. The first-order valence-corrected chi connectivity index (χ1v) is 7.41. The van der Waals surface area contributed by atoms with Gasteiger partial charge in [-0.25, -0.2) is 4.68 Å². The molecule has 3 rings (SSSR count). The molecule has 0 spiro atoms. The molecule has 0 saturated carbocycles. The van der Waals surface area contributed by atoms with Crippen LogP contribution >= 0.6 is 11.6 Å². The van der Waals surface area contributed by atoms with Gasteiger partial charge in [0.15, 0.2) is 6.04 Å². The second-order valence-corrected chi connectivity index (χ2v) is 5.38. The number of nitrogens with zero attached hydrogens (tertiary/aromatic N) is 4. The van der Waals surface area contributed by atoms with Gasteiger partial charge in [0.05, 0.1) is 0 Å². The zero-order chi connectivity index (χ0) is 16.1. The van der Waals surface area contributed by atoms with E-state index in [1.54, 1.807) is 12.1 Å². The van der Waals surface area contributed by atoms with Crippen molar-refractivity contribution in [1.82, 2.24) is 25.5 Å². The molecule has 0 aliphatic heterocycles. The van der Waals surface area contributed by atoms with Crippen LogP contribution in [-0.4, -0.2) is 26.1 Å². The fourth-order valence-corrected chi connectivity index (χ4v) is 2.36. The number of benzene rings is 2. The first-order valence-electron chi connectivity index (χ1n) is 7.03. The van der Waals surface area contributed by atoms with Crippen LogP contribution in [0.15, 0.2) is 60.9 Å². The average molecular weight is 328 g/mol. The van der Waals surface area contributed by atoms with Crippen LogP contribution in [-0.2, 0) is 11.3 Å². The van der Waals surface area contributed by atoms with Crippen molar-refractivity contribution in [2.75, 3.05) is 0 Å². The third-order valence-electron chi connectivity index (χ3n) is 3.37. The van der Waals surface area contributed by atoms with Crippen LogP contribution in [0.5, 0.6) is 0 Å². The van der Waals surface area contributed by atoms with Crippen molar-refractivity contribution in [2.45, 2.75) is 12.6 Å². The van der Waals surface area contributed by atoms with Crippen molar-refractivity contribution in [3.8, 4) is 0 Å². The number of amides is 1. The van der Waals surface area contributed by atoms with Crippen LogP contribution in [0.3, 0.4) is 0 Å². The topological polar surface area (TPSA) is 72.7 Å². The van der Waals surface area contributed by atoms with Crippen LogP contribution in [0, 0.1) is 0 Å². The Morgan fingerprint density at radius 2 is 1.87 bits per heavy atom. The molecule has 1 aromatic heterocycles. The van der Waals surface area contributed by atoms with E-state index in [2.05, 4.69) is 20.8 Å². The van der Waals surface area contributed by atoms with Gasteiger partial charge in [-0.1, -0.05) is 54.1 Å². The molecule has 3 aromatic rings. The maximum absolute atomic E-state index is 12.6. The summed E-state index contributed by atoms with van der Waals surface area (Å²) < 4.78 is 1.44. The minimum atomic E-state index is -0.612. The molecule has 1 atom stereocenters. The molecule has 1 heterocycles. The Balaban J connectivity index is 1.77. The molecule has 0 aliphatic carbocycles. The second-order valence-electron chi connectivity index (χ2n) is 4.95. The van der Waals surface area contributed by atoms with E-state index >= 15 is 0 Å². The predicted molar refractivity (Wildman–Crippen MR) is 85.7 cm³/mol. The molecular formula is C16H14ClN5O. The molecule has 116 valence electrons. The third kappa shape index (κ3) is 3.73. The SMILES string of the molecule is O=C(NCc1ccc(Cl)cc1)C(c1ccccc1)n1cnnn1. The Morgan fingerprint density at radius 1 is 1.13 bits per heavy atom. The minimum Gasteiger partial charge on any atom is -0.350 e. The molecule has 0 saturated heterocycles. The zero-order valence-electron chi connectivity index (χ0n) is 12.1. The van der Waals surface area contributed by atoms with E-state index in [0.717, 1.165) is 11.1 Å². The van der Waals surface area contributed by atoms with Crippen LogP contribution in [0.2, 0.25) is 5.02 Å². The number of tetrazole rings is 1. The highest BCUT2D eigenvalue weighted by atomic mass is 35.5. The summed E-state index contributed by atoms with van der Waals surface area (Å²) in [4.78, 5) is 12.6. The number of aromatic nitrogens is 4. The molecule has 1 N–H and O–H groups in total. The summed E-state index contributed by atoms with van der Waals surface area (Å²) in [7, 11) is 0. The highest BCUT2D eigenvalue weighted by molar-refractivity contribution is 6.30. The number of rotatable bonds is 5. The van der Waals surface area contributed by atoms with Gasteiger partial charge in [0.25, 0.3) is 0 Å². The van der Waals surface area contributed by atoms with Gasteiger partial charge in [0, 0.05) is 11.6 Å². The lowest BCUT2D eigenvalue weighted by Gasteiger charge is -2.16. The number of hydrogen-bond acceptors (Lipinski definition) is 4. The number of hydrogen-bond donors (Lipinski definition) is 1. The Labute approximate surface area is 138 Å². The number of carbonyl (C=O) groups is 1. The minimum absolute atomic E-state index is 0.182. The normalized spacial score (nSPS) is 11.9. The fraction of sp³-hybridized carbons (Fsp3) is 0.125. The van der Waals surface area contributed by atoms with Gasteiger partial charge >= 0.3 is 0 Å². The molecule has 0 radical (unpaired) electrons. The summed E-state index contributed by atoms with van der Waals surface area (Å²) in [5, 5.41) is 14.7. The van der Waals surface area contributed by atoms with Crippen molar-refractivity contribution in [3.05, 3.63) is 77.1 Å². The predicted octanol–water partition coefficient (Wildman–Crippen LogP) is 2.23. The average Bonchev–Trinajstić information content (AvgIpc) is 3.10. The summed E-state index contributed by atoms with van der Waals surface area (Å²) in [5.41, 5.74) is 1.78. The van der Waals surface area contributed by atoms with E-state index < -0.39 is 6.04 Å². The lowest BCUT2D eigenvalue weighted by Crippen LogP contribution is -2.33. The van der Waals surface area contributed by atoms with E-state index in [9.17, 15) is 4.79 Å². The second kappa shape index (κ2) is 7.02. The van der Waals surface area contributed by atoms with Gasteiger partial charge in [-0.15, -0.1) is 5.10 Å². The van der Waals surface area contributed by atoms with Crippen molar-refractivity contribution in [3.63, 3.8) is 0 Å². The molecule has 23 heavy (non-hydrogen) atoms. The Kier molecular flexibility index (Phi) is 4.63. The highest BCUT2D eigenvalue weighted by Gasteiger charge is 2.23. The lowest BCUT2D eigenvalue weighted by atomic mass is 10.1. The van der Waals surface area contributed by atoms with Gasteiger partial charge in [-0.2, -0.15) is 0 Å². The molecule has 2 aromatic carbocycles. The van der Waals surface area contributed by atoms with E-state index in [1.165, 1.54) is 11.0 Å². The van der Waals surface area contributed by atoms with Crippen LogP contribution in [0.25, 0.3) is 0 Å². The number of halogens is 1. The van der Waals surface area contributed by atoms with E-state index in [-0.39, 0.29) is 5.91 Å². The molecule has 0 fully saturated rings. The number of nitrogens with one attached hydrogen (secondary N) is 1. The first-order chi connectivity index (χ1) is 11.2. The quantitative estimate of drug-likeness (QED) is 0.780. The molecule has 6 nitrogen and oxygen atoms in total. The van der Waals surface area contributed by atoms with Gasteiger partial charge < -0.3 is 5.32 Å². The van der Waals surface area contributed by atoms with Crippen molar-refractivity contribution in [2.24, 2.45) is 0 Å². The van der Waals surface area contributed by atoms with Gasteiger partial charge in [-0.05, 0) is 33.7 Å². The highest BCUT2D eigenvalue weighted by Crippen LogP contribution is 2.17.